The van der Waals surface area contributed by atoms with E-state index in [1.165, 1.54) is 0 Å². The lowest BCUT2D eigenvalue weighted by molar-refractivity contribution is -0.116. The minimum absolute atomic E-state index is 0.131. The van der Waals surface area contributed by atoms with E-state index in [-0.39, 0.29) is 49.1 Å². The third-order valence-corrected chi connectivity index (χ3v) is 8.49. The number of carbonyl (C=O) groups is 3. The van der Waals surface area contributed by atoms with E-state index in [0.717, 1.165) is 25.8 Å². The standard InChI is InChI=1S/C36H55N5O7/c1-25-22-41(26(2)24-42)35(44)31-21-29(37-34(43)12-10-19-39(4)5)15-18-32(31)48-27(3)11-8-9-20-47-33(25)23-40(6)36(45)38-28-13-16-30(46-7)17-14-28/h13-18,21,25-27,33,42H,8-12,19-20,22-24H2,1-7H3,(H,37,43)(H,38,45)/t25-,26+,27+,33-/m0/s1. The normalized spacial score (nSPS) is 19.8. The van der Waals surface area contributed by atoms with Crippen LogP contribution in [-0.2, 0) is 9.53 Å². The highest BCUT2D eigenvalue weighted by Gasteiger charge is 2.31. The molecule has 0 radical (unpaired) electrons. The average molecular weight is 670 g/mol. The molecule has 0 spiro atoms. The number of likely N-dealkylation sites (N-methyl/N-ethyl adjacent to an activating group) is 1. The molecule has 12 nitrogen and oxygen atoms in total. The van der Waals surface area contributed by atoms with Crippen molar-refractivity contribution in [2.24, 2.45) is 5.92 Å². The van der Waals surface area contributed by atoms with Crippen molar-refractivity contribution in [1.82, 2.24) is 14.7 Å². The number of hydrogen-bond acceptors (Lipinski definition) is 8. The van der Waals surface area contributed by atoms with E-state index >= 15 is 0 Å². The maximum atomic E-state index is 14.3. The number of methoxy groups -OCH3 is 1. The molecule has 0 saturated carbocycles. The van der Waals surface area contributed by atoms with Crippen molar-refractivity contribution in [1.29, 1.82) is 0 Å². The Morgan fingerprint density at radius 1 is 1.06 bits per heavy atom. The van der Waals surface area contributed by atoms with Gasteiger partial charge in [-0.2, -0.15) is 0 Å². The molecule has 2 aromatic rings. The predicted molar refractivity (Wildman–Crippen MR) is 188 cm³/mol. The van der Waals surface area contributed by atoms with Gasteiger partial charge in [0, 0.05) is 50.5 Å². The molecule has 4 atom stereocenters. The molecular formula is C36H55N5O7. The van der Waals surface area contributed by atoms with Crippen LogP contribution in [0.1, 0.15) is 63.2 Å². The van der Waals surface area contributed by atoms with Gasteiger partial charge in [-0.25, -0.2) is 4.79 Å². The van der Waals surface area contributed by atoms with E-state index < -0.39 is 6.04 Å². The van der Waals surface area contributed by atoms with E-state index in [9.17, 15) is 19.5 Å². The Morgan fingerprint density at radius 3 is 2.44 bits per heavy atom. The second-order valence-electron chi connectivity index (χ2n) is 13.0. The van der Waals surface area contributed by atoms with Gasteiger partial charge in [0.2, 0.25) is 5.91 Å². The fourth-order valence-electron chi connectivity index (χ4n) is 5.49. The van der Waals surface area contributed by atoms with E-state index in [4.69, 9.17) is 14.2 Å². The minimum Gasteiger partial charge on any atom is -0.497 e. The Hall–Kier alpha value is -3.87. The lowest BCUT2D eigenvalue weighted by Crippen LogP contribution is -2.48. The Balaban J connectivity index is 1.85. The molecule has 0 unspecified atom stereocenters. The van der Waals surface area contributed by atoms with Crippen molar-refractivity contribution in [3.05, 3.63) is 48.0 Å². The summed E-state index contributed by atoms with van der Waals surface area (Å²) >= 11 is 0. The lowest BCUT2D eigenvalue weighted by atomic mass is 10.0. The van der Waals surface area contributed by atoms with Crippen LogP contribution in [0.3, 0.4) is 0 Å². The molecule has 1 heterocycles. The van der Waals surface area contributed by atoms with E-state index in [2.05, 4.69) is 10.6 Å². The predicted octanol–water partition coefficient (Wildman–Crippen LogP) is 4.93. The number of aliphatic hydroxyl groups excluding tert-OH is 1. The highest BCUT2D eigenvalue weighted by molar-refractivity contribution is 5.99. The first-order valence-corrected chi connectivity index (χ1v) is 16.9. The third kappa shape index (κ3) is 12.0. The van der Waals surface area contributed by atoms with Crippen LogP contribution in [0, 0.1) is 5.92 Å². The Bertz CT molecular complexity index is 1320. The molecule has 0 saturated heterocycles. The smallest absolute Gasteiger partial charge is 0.321 e. The molecule has 3 rings (SSSR count). The SMILES string of the molecule is COc1ccc(NC(=O)N(C)C[C@@H]2OCCCC[C@@H](C)Oc3ccc(NC(=O)CCCN(C)C)cc3C(=O)N([C@H](C)CO)C[C@@H]2C)cc1. The van der Waals surface area contributed by atoms with Gasteiger partial charge in [-0.1, -0.05) is 6.92 Å². The summed E-state index contributed by atoms with van der Waals surface area (Å²) in [6.07, 6.45) is 2.93. The monoisotopic (exact) mass is 669 g/mol. The summed E-state index contributed by atoms with van der Waals surface area (Å²) in [6.45, 7) is 7.33. The third-order valence-electron chi connectivity index (χ3n) is 8.49. The average Bonchev–Trinajstić information content (AvgIpc) is 3.06. The lowest BCUT2D eigenvalue weighted by Gasteiger charge is -2.35. The topological polar surface area (TPSA) is 133 Å². The summed E-state index contributed by atoms with van der Waals surface area (Å²) in [5.74, 6) is 0.467. The molecule has 1 aliphatic heterocycles. The zero-order chi connectivity index (χ0) is 35.2. The Labute approximate surface area is 285 Å². The highest BCUT2D eigenvalue weighted by Crippen LogP contribution is 2.29. The van der Waals surface area contributed by atoms with Crippen LogP contribution in [0.4, 0.5) is 16.2 Å². The summed E-state index contributed by atoms with van der Waals surface area (Å²) in [5, 5.41) is 16.1. The number of anilines is 2. The Kier molecular flexibility index (Phi) is 15.4. The first-order valence-electron chi connectivity index (χ1n) is 16.9. The molecule has 0 aliphatic carbocycles. The fraction of sp³-hybridized carbons (Fsp3) is 0.583. The second kappa shape index (κ2) is 19.2. The van der Waals surface area contributed by atoms with Crippen LogP contribution in [0.25, 0.3) is 0 Å². The van der Waals surface area contributed by atoms with Gasteiger partial charge in [0.15, 0.2) is 0 Å². The van der Waals surface area contributed by atoms with Gasteiger partial charge >= 0.3 is 6.03 Å². The van der Waals surface area contributed by atoms with Gasteiger partial charge in [0.05, 0.1) is 37.5 Å². The number of carbonyl (C=O) groups excluding carboxylic acids is 3. The maximum absolute atomic E-state index is 14.3. The number of ether oxygens (including phenoxy) is 3. The molecule has 4 amide bonds. The molecule has 0 bridgehead atoms. The number of hydrogen-bond donors (Lipinski definition) is 3. The highest BCUT2D eigenvalue weighted by atomic mass is 16.5. The number of amides is 4. The zero-order valence-corrected chi connectivity index (χ0v) is 29.7. The van der Waals surface area contributed by atoms with Gasteiger partial charge in [0.1, 0.15) is 11.5 Å². The van der Waals surface area contributed by atoms with E-state index in [0.29, 0.717) is 54.4 Å². The fourth-order valence-corrected chi connectivity index (χ4v) is 5.49. The molecule has 0 fully saturated rings. The van der Waals surface area contributed by atoms with Crippen molar-refractivity contribution in [2.45, 2.75) is 71.1 Å². The molecular weight excluding hydrogens is 614 g/mol. The van der Waals surface area contributed by atoms with Crippen LogP contribution in [0.5, 0.6) is 11.5 Å². The first-order chi connectivity index (χ1) is 22.9. The van der Waals surface area contributed by atoms with E-state index in [1.54, 1.807) is 73.3 Å². The Morgan fingerprint density at radius 2 is 1.77 bits per heavy atom. The molecule has 3 N–H and O–H groups in total. The van der Waals surface area contributed by atoms with Gasteiger partial charge in [-0.15, -0.1) is 0 Å². The molecule has 2 aromatic carbocycles. The van der Waals surface area contributed by atoms with Crippen LogP contribution >= 0.6 is 0 Å². The number of urea groups is 1. The number of nitrogens with one attached hydrogen (secondary N) is 2. The van der Waals surface area contributed by atoms with Crippen LogP contribution in [0.15, 0.2) is 42.5 Å². The summed E-state index contributed by atoms with van der Waals surface area (Å²) in [6, 6.07) is 11.4. The van der Waals surface area contributed by atoms with Crippen molar-refractivity contribution < 1.29 is 33.7 Å². The van der Waals surface area contributed by atoms with Gasteiger partial charge in [-0.05, 0) is 103 Å². The molecule has 0 aromatic heterocycles. The van der Waals surface area contributed by atoms with Gasteiger partial charge in [0.25, 0.3) is 5.91 Å². The number of aliphatic hydroxyl groups is 1. The maximum Gasteiger partial charge on any atom is 0.321 e. The summed E-state index contributed by atoms with van der Waals surface area (Å²) in [4.78, 5) is 45.4. The van der Waals surface area contributed by atoms with Gasteiger partial charge < -0.3 is 44.7 Å². The van der Waals surface area contributed by atoms with Crippen LogP contribution in [-0.4, -0.2) is 117 Å². The molecule has 1 aliphatic rings. The van der Waals surface area contributed by atoms with Crippen molar-refractivity contribution in [2.75, 3.05) is 71.7 Å². The van der Waals surface area contributed by atoms with Crippen molar-refractivity contribution >= 4 is 29.2 Å². The summed E-state index contributed by atoms with van der Waals surface area (Å²) in [7, 11) is 7.23. The molecule has 48 heavy (non-hydrogen) atoms. The second-order valence-corrected chi connectivity index (χ2v) is 13.0. The van der Waals surface area contributed by atoms with Crippen molar-refractivity contribution in [3.63, 3.8) is 0 Å². The zero-order valence-electron chi connectivity index (χ0n) is 29.7. The van der Waals surface area contributed by atoms with E-state index in [1.807, 2.05) is 32.8 Å². The number of nitrogens with zero attached hydrogens (tertiary/aromatic N) is 3. The van der Waals surface area contributed by atoms with Crippen LogP contribution in [0.2, 0.25) is 0 Å². The number of rotatable bonds is 11. The largest absolute Gasteiger partial charge is 0.497 e. The number of fused-ring (bicyclic) bond motifs is 1. The first kappa shape index (κ1) is 38.6. The van der Waals surface area contributed by atoms with Crippen molar-refractivity contribution in [3.8, 4) is 11.5 Å². The molecule has 12 heteroatoms. The quantitative estimate of drug-likeness (QED) is 0.307. The van der Waals surface area contributed by atoms with Crippen LogP contribution < -0.4 is 20.1 Å². The minimum atomic E-state index is -0.515. The summed E-state index contributed by atoms with van der Waals surface area (Å²) in [5.41, 5.74) is 1.45. The molecule has 266 valence electrons. The number of benzene rings is 2. The van der Waals surface area contributed by atoms with Gasteiger partial charge in [-0.3, -0.25) is 9.59 Å². The summed E-state index contributed by atoms with van der Waals surface area (Å²) < 4.78 is 17.9.